The quantitative estimate of drug-likeness (QED) is 0.898. The lowest BCUT2D eigenvalue weighted by atomic mass is 9.97. The number of hydrogen-bond acceptors (Lipinski definition) is 4. The third-order valence-corrected chi connectivity index (χ3v) is 5.67. The van der Waals surface area contributed by atoms with Crippen LogP contribution in [0.5, 0.6) is 0 Å². The molecular weight excluding hydrogens is 338 g/mol. The van der Waals surface area contributed by atoms with Crippen LogP contribution < -0.4 is 10.2 Å². The number of carbonyl (C=O) groups is 1. The summed E-state index contributed by atoms with van der Waals surface area (Å²) in [5, 5.41) is 8.09. The third-order valence-electron chi connectivity index (χ3n) is 5.67. The van der Waals surface area contributed by atoms with Gasteiger partial charge in [-0.25, -0.2) is 0 Å². The van der Waals surface area contributed by atoms with Crippen molar-refractivity contribution in [3.05, 3.63) is 47.8 Å². The summed E-state index contributed by atoms with van der Waals surface area (Å²) in [4.78, 5) is 17.0. The van der Waals surface area contributed by atoms with Crippen molar-refractivity contribution in [2.24, 2.45) is 0 Å². The van der Waals surface area contributed by atoms with Gasteiger partial charge in [-0.2, -0.15) is 5.10 Å². The molecule has 144 valence electrons. The number of anilines is 1. The second-order valence-corrected chi connectivity index (χ2v) is 7.69. The van der Waals surface area contributed by atoms with Crippen LogP contribution in [-0.2, 0) is 11.3 Å². The van der Waals surface area contributed by atoms with Gasteiger partial charge in [0.05, 0.1) is 5.69 Å². The molecule has 0 spiro atoms. The van der Waals surface area contributed by atoms with E-state index in [1.54, 1.807) is 4.68 Å². The van der Waals surface area contributed by atoms with Crippen LogP contribution in [0, 0.1) is 6.92 Å². The fourth-order valence-electron chi connectivity index (χ4n) is 4.06. The lowest BCUT2D eigenvalue weighted by Crippen LogP contribution is -2.49. The van der Waals surface area contributed by atoms with Crippen molar-refractivity contribution < 1.29 is 4.79 Å². The van der Waals surface area contributed by atoms with Gasteiger partial charge in [0.25, 0.3) is 0 Å². The number of piperidine rings is 1. The maximum Gasteiger partial charge on any atom is 0.244 e. The van der Waals surface area contributed by atoms with Crippen LogP contribution in [0.3, 0.4) is 0 Å². The number of nitrogens with zero attached hydrogens (tertiary/aromatic N) is 4. The molecule has 27 heavy (non-hydrogen) atoms. The molecule has 1 aromatic carbocycles. The van der Waals surface area contributed by atoms with E-state index in [0.29, 0.717) is 12.5 Å². The summed E-state index contributed by atoms with van der Waals surface area (Å²) in [5.74, 6) is 0.642. The monoisotopic (exact) mass is 367 g/mol. The van der Waals surface area contributed by atoms with Crippen molar-refractivity contribution in [1.82, 2.24) is 20.0 Å². The maximum absolute atomic E-state index is 12.7. The van der Waals surface area contributed by atoms with Gasteiger partial charge in [0.1, 0.15) is 6.54 Å². The first-order valence-corrected chi connectivity index (χ1v) is 10.0. The number of aromatic nitrogens is 2. The molecule has 1 amide bonds. The SMILES string of the molecule is Cc1cccc(N2CCN(C(=O)Cn3ccc(C4CCCNC4)n3)CC2)c1. The van der Waals surface area contributed by atoms with Gasteiger partial charge >= 0.3 is 0 Å². The molecule has 1 atom stereocenters. The molecule has 1 aromatic heterocycles. The van der Waals surface area contributed by atoms with Crippen LogP contribution in [0.1, 0.15) is 30.0 Å². The van der Waals surface area contributed by atoms with E-state index in [1.807, 2.05) is 11.1 Å². The first-order chi connectivity index (χ1) is 13.2. The minimum atomic E-state index is 0.162. The molecule has 2 fully saturated rings. The topological polar surface area (TPSA) is 53.4 Å². The van der Waals surface area contributed by atoms with E-state index in [2.05, 4.69) is 52.6 Å². The van der Waals surface area contributed by atoms with Crippen LogP contribution >= 0.6 is 0 Å². The highest BCUT2D eigenvalue weighted by molar-refractivity contribution is 5.76. The summed E-state index contributed by atoms with van der Waals surface area (Å²) < 4.78 is 1.80. The number of nitrogens with one attached hydrogen (secondary N) is 1. The molecule has 2 aliphatic heterocycles. The smallest absolute Gasteiger partial charge is 0.244 e. The van der Waals surface area contributed by atoms with E-state index >= 15 is 0 Å². The zero-order valence-electron chi connectivity index (χ0n) is 16.1. The molecule has 0 aliphatic carbocycles. The van der Waals surface area contributed by atoms with Crippen molar-refractivity contribution in [2.75, 3.05) is 44.2 Å². The van der Waals surface area contributed by atoms with Crippen LogP contribution in [-0.4, -0.2) is 59.9 Å². The van der Waals surface area contributed by atoms with Crippen LogP contribution in [0.15, 0.2) is 36.5 Å². The van der Waals surface area contributed by atoms with Gasteiger partial charge in [0.2, 0.25) is 5.91 Å². The number of benzene rings is 1. The van der Waals surface area contributed by atoms with Crippen molar-refractivity contribution in [3.8, 4) is 0 Å². The molecule has 1 unspecified atom stereocenters. The average Bonchev–Trinajstić information content (AvgIpc) is 3.17. The van der Waals surface area contributed by atoms with Crippen LogP contribution in [0.25, 0.3) is 0 Å². The minimum absolute atomic E-state index is 0.162. The van der Waals surface area contributed by atoms with E-state index < -0.39 is 0 Å². The summed E-state index contributed by atoms with van der Waals surface area (Å²) in [7, 11) is 0. The molecule has 0 saturated carbocycles. The molecule has 0 radical (unpaired) electrons. The number of carbonyl (C=O) groups excluding carboxylic acids is 1. The number of hydrogen-bond donors (Lipinski definition) is 1. The Kier molecular flexibility index (Phi) is 5.43. The Labute approximate surface area is 161 Å². The largest absolute Gasteiger partial charge is 0.368 e. The molecule has 2 aliphatic rings. The van der Waals surface area contributed by atoms with E-state index in [1.165, 1.54) is 24.1 Å². The van der Waals surface area contributed by atoms with Crippen LogP contribution in [0.2, 0.25) is 0 Å². The lowest BCUT2D eigenvalue weighted by molar-refractivity contribution is -0.132. The van der Waals surface area contributed by atoms with Crippen molar-refractivity contribution in [1.29, 1.82) is 0 Å². The zero-order chi connectivity index (χ0) is 18.6. The Hall–Kier alpha value is -2.34. The summed E-state index contributed by atoms with van der Waals surface area (Å²) in [6.07, 6.45) is 4.32. The van der Waals surface area contributed by atoms with E-state index in [9.17, 15) is 4.79 Å². The highest BCUT2D eigenvalue weighted by Gasteiger charge is 2.22. The Balaban J connectivity index is 1.30. The number of rotatable bonds is 4. The van der Waals surface area contributed by atoms with E-state index in [4.69, 9.17) is 0 Å². The summed E-state index contributed by atoms with van der Waals surface area (Å²) in [6.45, 7) is 7.85. The lowest BCUT2D eigenvalue weighted by Gasteiger charge is -2.36. The number of amides is 1. The summed E-state index contributed by atoms with van der Waals surface area (Å²) in [6, 6.07) is 10.6. The van der Waals surface area contributed by atoms with Gasteiger partial charge in [-0.05, 0) is 50.1 Å². The second kappa shape index (κ2) is 8.13. The third kappa shape index (κ3) is 4.33. The first kappa shape index (κ1) is 18.0. The predicted octanol–water partition coefficient (Wildman–Crippen LogP) is 2.01. The average molecular weight is 367 g/mol. The van der Waals surface area contributed by atoms with Crippen LogP contribution in [0.4, 0.5) is 5.69 Å². The second-order valence-electron chi connectivity index (χ2n) is 7.69. The van der Waals surface area contributed by atoms with Gasteiger partial charge in [-0.15, -0.1) is 0 Å². The minimum Gasteiger partial charge on any atom is -0.368 e. The zero-order valence-corrected chi connectivity index (χ0v) is 16.1. The van der Waals surface area contributed by atoms with Gasteiger partial charge in [0, 0.05) is 50.5 Å². The van der Waals surface area contributed by atoms with Gasteiger partial charge < -0.3 is 15.1 Å². The first-order valence-electron chi connectivity index (χ1n) is 10.0. The van der Waals surface area contributed by atoms with E-state index in [-0.39, 0.29) is 5.91 Å². The summed E-state index contributed by atoms with van der Waals surface area (Å²) in [5.41, 5.74) is 3.63. The predicted molar refractivity (Wildman–Crippen MR) is 107 cm³/mol. The van der Waals surface area contributed by atoms with Crippen molar-refractivity contribution >= 4 is 11.6 Å². The molecule has 3 heterocycles. The molecule has 6 heteroatoms. The number of piperazine rings is 1. The highest BCUT2D eigenvalue weighted by Crippen LogP contribution is 2.21. The summed E-state index contributed by atoms with van der Waals surface area (Å²) >= 11 is 0. The van der Waals surface area contributed by atoms with Gasteiger partial charge in [-0.3, -0.25) is 9.48 Å². The highest BCUT2D eigenvalue weighted by atomic mass is 16.2. The fourth-order valence-corrected chi connectivity index (χ4v) is 4.06. The molecule has 2 saturated heterocycles. The fraction of sp³-hybridized carbons (Fsp3) is 0.524. The molecule has 1 N–H and O–H groups in total. The Morgan fingerprint density at radius 3 is 2.81 bits per heavy atom. The molecule has 2 aromatic rings. The molecule has 0 bridgehead atoms. The number of aryl methyl sites for hydroxylation is 1. The standard InChI is InChI=1S/C21H29N5O/c1-17-4-2-6-19(14-17)24-10-12-25(13-11-24)21(27)16-26-9-7-20(23-26)18-5-3-8-22-15-18/h2,4,6-7,9,14,18,22H,3,5,8,10-13,15-16H2,1H3. The molecule has 6 nitrogen and oxygen atoms in total. The van der Waals surface area contributed by atoms with Crippen molar-refractivity contribution in [3.63, 3.8) is 0 Å². The maximum atomic E-state index is 12.7. The Bertz CT molecular complexity index is 772. The normalized spacial score (nSPS) is 20.7. The van der Waals surface area contributed by atoms with Gasteiger partial charge in [0.15, 0.2) is 0 Å². The van der Waals surface area contributed by atoms with E-state index in [0.717, 1.165) is 45.0 Å². The molecule has 4 rings (SSSR count). The Morgan fingerprint density at radius 2 is 2.07 bits per heavy atom. The van der Waals surface area contributed by atoms with Gasteiger partial charge in [-0.1, -0.05) is 12.1 Å². The molecular formula is C21H29N5O. The van der Waals surface area contributed by atoms with Crippen molar-refractivity contribution in [2.45, 2.75) is 32.2 Å². The Morgan fingerprint density at radius 1 is 1.22 bits per heavy atom.